The number of piperidine rings is 4. The zero-order valence-electron chi connectivity index (χ0n) is 11.2. The molecule has 3 heteroatoms. The summed E-state index contributed by atoms with van der Waals surface area (Å²) in [7, 11) is 0. The quantitative estimate of drug-likeness (QED) is 0.653. The van der Waals surface area contributed by atoms with Gasteiger partial charge in [-0.05, 0) is 63.5 Å². The van der Waals surface area contributed by atoms with Gasteiger partial charge in [-0.15, -0.1) is 0 Å². The summed E-state index contributed by atoms with van der Waals surface area (Å²) in [5.74, 6) is 2.02. The fourth-order valence-electron chi connectivity index (χ4n) is 5.26. The third-order valence-corrected chi connectivity index (χ3v) is 5.88. The summed E-state index contributed by atoms with van der Waals surface area (Å²) in [6.07, 6.45) is 8.64. The van der Waals surface area contributed by atoms with Crippen LogP contribution in [0.4, 0.5) is 0 Å². The van der Waals surface area contributed by atoms with Crippen LogP contribution in [0.5, 0.6) is 0 Å². The van der Waals surface area contributed by atoms with Crippen molar-refractivity contribution in [3.05, 3.63) is 0 Å². The van der Waals surface area contributed by atoms with Crippen molar-refractivity contribution in [2.75, 3.05) is 19.6 Å². The van der Waals surface area contributed by atoms with E-state index < -0.39 is 0 Å². The monoisotopic (exact) mass is 248 g/mol. The standard InChI is InChI=1S/C15H24N2O/c18-14-7-1-6-13-12-5-3-9-16-8-2-4-11(15(12)16)10-17(13)14/h11-13,15H,1-10H2/t11-,12-,13+,15+/m1/s1. The van der Waals surface area contributed by atoms with E-state index in [-0.39, 0.29) is 0 Å². The molecule has 0 aliphatic carbocycles. The van der Waals surface area contributed by atoms with E-state index in [9.17, 15) is 4.79 Å². The van der Waals surface area contributed by atoms with E-state index >= 15 is 0 Å². The van der Waals surface area contributed by atoms with Gasteiger partial charge in [-0.1, -0.05) is 0 Å². The molecule has 4 aliphatic rings. The Bertz CT molecular complexity index is 354. The Hall–Kier alpha value is -0.570. The van der Waals surface area contributed by atoms with Gasteiger partial charge in [0.15, 0.2) is 0 Å². The molecule has 4 saturated heterocycles. The first kappa shape index (κ1) is 11.3. The van der Waals surface area contributed by atoms with Gasteiger partial charge in [0.05, 0.1) is 0 Å². The average molecular weight is 248 g/mol. The largest absolute Gasteiger partial charge is 0.339 e. The van der Waals surface area contributed by atoms with Gasteiger partial charge in [0.2, 0.25) is 5.91 Å². The lowest BCUT2D eigenvalue weighted by atomic mass is 9.68. The van der Waals surface area contributed by atoms with Crippen molar-refractivity contribution in [1.29, 1.82) is 0 Å². The molecular weight excluding hydrogens is 224 g/mol. The van der Waals surface area contributed by atoms with Gasteiger partial charge in [-0.3, -0.25) is 9.69 Å². The van der Waals surface area contributed by atoms with E-state index in [4.69, 9.17) is 0 Å². The maximum absolute atomic E-state index is 12.2. The first-order chi connectivity index (χ1) is 8.84. The van der Waals surface area contributed by atoms with Crippen LogP contribution in [0.25, 0.3) is 0 Å². The number of hydrogen-bond acceptors (Lipinski definition) is 2. The molecule has 0 aromatic rings. The highest BCUT2D eigenvalue weighted by molar-refractivity contribution is 5.77. The highest BCUT2D eigenvalue weighted by Crippen LogP contribution is 2.44. The van der Waals surface area contributed by atoms with Crippen molar-refractivity contribution in [3.63, 3.8) is 0 Å². The van der Waals surface area contributed by atoms with Crippen LogP contribution in [0.15, 0.2) is 0 Å². The molecule has 0 unspecified atom stereocenters. The maximum Gasteiger partial charge on any atom is 0.222 e. The van der Waals surface area contributed by atoms with Crippen molar-refractivity contribution in [3.8, 4) is 0 Å². The second-order valence-electron chi connectivity index (χ2n) is 6.74. The third kappa shape index (κ3) is 1.56. The minimum atomic E-state index is 0.451. The first-order valence-corrected chi connectivity index (χ1v) is 7.88. The number of rotatable bonds is 0. The van der Waals surface area contributed by atoms with Gasteiger partial charge in [0, 0.05) is 25.0 Å². The molecule has 3 nitrogen and oxygen atoms in total. The second kappa shape index (κ2) is 4.22. The lowest BCUT2D eigenvalue weighted by Gasteiger charge is -2.58. The zero-order chi connectivity index (χ0) is 12.1. The first-order valence-electron chi connectivity index (χ1n) is 7.88. The lowest BCUT2D eigenvalue weighted by Crippen LogP contribution is -2.66. The minimum absolute atomic E-state index is 0.451. The van der Waals surface area contributed by atoms with Gasteiger partial charge >= 0.3 is 0 Å². The Kier molecular flexibility index (Phi) is 2.65. The number of carbonyl (C=O) groups excluding carboxylic acids is 1. The Morgan fingerprint density at radius 3 is 2.72 bits per heavy atom. The Morgan fingerprint density at radius 2 is 1.83 bits per heavy atom. The van der Waals surface area contributed by atoms with E-state index in [0.29, 0.717) is 11.9 Å². The molecule has 0 saturated carbocycles. The molecule has 0 bridgehead atoms. The maximum atomic E-state index is 12.2. The highest BCUT2D eigenvalue weighted by Gasteiger charge is 2.50. The average Bonchev–Trinajstić information content (AvgIpc) is 2.41. The summed E-state index contributed by atoms with van der Waals surface area (Å²) in [5, 5.41) is 0. The molecule has 4 rings (SSSR count). The second-order valence-corrected chi connectivity index (χ2v) is 6.74. The lowest BCUT2D eigenvalue weighted by molar-refractivity contribution is -0.150. The Balaban J connectivity index is 1.66. The van der Waals surface area contributed by atoms with E-state index in [2.05, 4.69) is 9.80 Å². The van der Waals surface area contributed by atoms with Gasteiger partial charge in [0.25, 0.3) is 0 Å². The summed E-state index contributed by atoms with van der Waals surface area (Å²) in [5.41, 5.74) is 0. The molecule has 4 atom stereocenters. The number of nitrogens with zero attached hydrogens (tertiary/aromatic N) is 2. The van der Waals surface area contributed by atoms with E-state index in [0.717, 1.165) is 37.3 Å². The highest BCUT2D eigenvalue weighted by atomic mass is 16.2. The number of carbonyl (C=O) groups is 1. The number of fused-ring (bicyclic) bond motifs is 2. The molecule has 0 aromatic heterocycles. The van der Waals surface area contributed by atoms with Crippen molar-refractivity contribution in [1.82, 2.24) is 9.80 Å². The van der Waals surface area contributed by atoms with Crippen LogP contribution in [0.2, 0.25) is 0 Å². The van der Waals surface area contributed by atoms with Gasteiger partial charge in [0.1, 0.15) is 0 Å². The van der Waals surface area contributed by atoms with Crippen molar-refractivity contribution in [2.24, 2.45) is 11.8 Å². The predicted octanol–water partition coefficient (Wildman–Crippen LogP) is 1.87. The van der Waals surface area contributed by atoms with E-state index in [1.54, 1.807) is 0 Å². The summed E-state index contributed by atoms with van der Waals surface area (Å²) in [4.78, 5) is 17.2. The molecule has 0 aromatic carbocycles. The molecule has 0 spiro atoms. The molecule has 18 heavy (non-hydrogen) atoms. The van der Waals surface area contributed by atoms with E-state index in [1.165, 1.54) is 45.2 Å². The van der Waals surface area contributed by atoms with Crippen LogP contribution in [-0.2, 0) is 4.79 Å². The van der Waals surface area contributed by atoms with Crippen LogP contribution >= 0.6 is 0 Å². The van der Waals surface area contributed by atoms with Crippen molar-refractivity contribution in [2.45, 2.75) is 57.0 Å². The van der Waals surface area contributed by atoms with Gasteiger partial charge < -0.3 is 4.90 Å². The molecule has 100 valence electrons. The Morgan fingerprint density at radius 1 is 1.00 bits per heavy atom. The number of amides is 1. The smallest absolute Gasteiger partial charge is 0.222 e. The fourth-order valence-corrected chi connectivity index (χ4v) is 5.26. The van der Waals surface area contributed by atoms with Gasteiger partial charge in [-0.25, -0.2) is 0 Å². The third-order valence-electron chi connectivity index (χ3n) is 5.88. The topological polar surface area (TPSA) is 23.6 Å². The molecule has 0 N–H and O–H groups in total. The molecule has 4 heterocycles. The summed E-state index contributed by atoms with van der Waals surface area (Å²) in [6, 6.07) is 1.41. The molecule has 1 amide bonds. The molecule has 0 radical (unpaired) electrons. The van der Waals surface area contributed by atoms with Crippen LogP contribution in [0.3, 0.4) is 0 Å². The van der Waals surface area contributed by atoms with Crippen molar-refractivity contribution >= 4 is 5.91 Å². The Labute approximate surface area is 110 Å². The fraction of sp³-hybridized carbons (Fsp3) is 0.933. The van der Waals surface area contributed by atoms with Gasteiger partial charge in [-0.2, -0.15) is 0 Å². The molecule has 4 aliphatic heterocycles. The molecule has 4 fully saturated rings. The minimum Gasteiger partial charge on any atom is -0.339 e. The summed E-state index contributed by atoms with van der Waals surface area (Å²) < 4.78 is 0. The van der Waals surface area contributed by atoms with Crippen LogP contribution in [0.1, 0.15) is 44.9 Å². The number of hydrogen-bond donors (Lipinski definition) is 0. The normalized spacial score (nSPS) is 44.4. The zero-order valence-corrected chi connectivity index (χ0v) is 11.2. The SMILES string of the molecule is O=C1CCC[C@H]2[C@H]3CCCN4CCC[C@H](CN12)[C@@H]34. The van der Waals surface area contributed by atoms with Crippen LogP contribution < -0.4 is 0 Å². The van der Waals surface area contributed by atoms with Crippen LogP contribution in [0, 0.1) is 11.8 Å². The van der Waals surface area contributed by atoms with Crippen molar-refractivity contribution < 1.29 is 4.79 Å². The molecular formula is C15H24N2O. The van der Waals surface area contributed by atoms with E-state index in [1.807, 2.05) is 0 Å². The summed E-state index contributed by atoms with van der Waals surface area (Å²) >= 11 is 0. The summed E-state index contributed by atoms with van der Waals surface area (Å²) in [6.45, 7) is 3.71. The van der Waals surface area contributed by atoms with Crippen LogP contribution in [-0.4, -0.2) is 47.4 Å². The predicted molar refractivity (Wildman–Crippen MR) is 70.2 cm³/mol.